The van der Waals surface area contributed by atoms with E-state index in [0.717, 1.165) is 12.2 Å². The molecule has 0 saturated heterocycles. The predicted molar refractivity (Wildman–Crippen MR) is 73.1 cm³/mol. The lowest BCUT2D eigenvalue weighted by Gasteiger charge is -2.06. The van der Waals surface area contributed by atoms with Gasteiger partial charge in [0, 0.05) is 25.3 Å². The number of nitrogens with one attached hydrogen (secondary N) is 2. The Bertz CT molecular complexity index is 255. The van der Waals surface area contributed by atoms with E-state index in [0.29, 0.717) is 25.4 Å². The summed E-state index contributed by atoms with van der Waals surface area (Å²) in [6, 6.07) is -0.259. The van der Waals surface area contributed by atoms with Crippen molar-refractivity contribution in [1.82, 2.24) is 10.6 Å². The molecule has 0 atom stereocenters. The van der Waals surface area contributed by atoms with Crippen molar-refractivity contribution in [3.05, 3.63) is 12.7 Å². The maximum Gasteiger partial charge on any atom is 0.315 e. The average molecular weight is 258 g/mol. The number of urea groups is 1. The molecule has 0 aromatic heterocycles. The van der Waals surface area contributed by atoms with Crippen LogP contribution in [0.1, 0.15) is 26.7 Å². The standard InChI is InChI=1S/C12H22N2O2S/c1-4-7-13-12(16)14-8-5-11(15)17-9-6-10(2)3/h4,10H,1,5-9H2,2-3H3,(H2,13,14,16). The molecule has 0 unspecified atom stereocenters. The van der Waals surface area contributed by atoms with Crippen LogP contribution in [0, 0.1) is 5.92 Å². The van der Waals surface area contributed by atoms with Crippen LogP contribution in [0.4, 0.5) is 4.79 Å². The van der Waals surface area contributed by atoms with Gasteiger partial charge in [-0.25, -0.2) is 4.79 Å². The summed E-state index contributed by atoms with van der Waals surface area (Å²) in [5.74, 6) is 1.48. The van der Waals surface area contributed by atoms with E-state index in [1.54, 1.807) is 6.08 Å². The highest BCUT2D eigenvalue weighted by molar-refractivity contribution is 8.13. The molecule has 0 aromatic carbocycles. The third-order valence-corrected chi connectivity index (χ3v) is 2.95. The first-order valence-electron chi connectivity index (χ1n) is 5.84. The van der Waals surface area contributed by atoms with Crippen LogP contribution in [0.25, 0.3) is 0 Å². The highest BCUT2D eigenvalue weighted by Gasteiger charge is 2.04. The van der Waals surface area contributed by atoms with Crippen LogP contribution in [0.15, 0.2) is 12.7 Å². The molecule has 0 rings (SSSR count). The Morgan fingerprint density at radius 1 is 1.35 bits per heavy atom. The number of hydrogen-bond donors (Lipinski definition) is 2. The summed E-state index contributed by atoms with van der Waals surface area (Å²) in [7, 11) is 0. The van der Waals surface area contributed by atoms with Gasteiger partial charge in [0.15, 0.2) is 5.12 Å². The van der Waals surface area contributed by atoms with E-state index in [2.05, 4.69) is 31.1 Å². The minimum Gasteiger partial charge on any atom is -0.338 e. The van der Waals surface area contributed by atoms with E-state index in [9.17, 15) is 9.59 Å². The van der Waals surface area contributed by atoms with Gasteiger partial charge < -0.3 is 10.6 Å². The lowest BCUT2D eigenvalue weighted by Crippen LogP contribution is -2.36. The molecule has 0 spiro atoms. The second-order valence-corrected chi connectivity index (χ2v) is 5.23. The Kier molecular flexibility index (Phi) is 9.62. The molecule has 0 saturated carbocycles. The summed E-state index contributed by atoms with van der Waals surface area (Å²) in [6.45, 7) is 8.58. The number of thioether (sulfide) groups is 1. The van der Waals surface area contributed by atoms with Crippen LogP contribution >= 0.6 is 11.8 Å². The van der Waals surface area contributed by atoms with E-state index < -0.39 is 0 Å². The van der Waals surface area contributed by atoms with Gasteiger partial charge in [-0.3, -0.25) is 4.79 Å². The number of hydrogen-bond acceptors (Lipinski definition) is 3. The Hall–Kier alpha value is -0.970. The topological polar surface area (TPSA) is 58.2 Å². The lowest BCUT2D eigenvalue weighted by molar-refractivity contribution is -0.110. The highest BCUT2D eigenvalue weighted by atomic mass is 32.2. The second-order valence-electron chi connectivity index (χ2n) is 4.08. The molecule has 0 bridgehead atoms. The van der Waals surface area contributed by atoms with Gasteiger partial charge >= 0.3 is 6.03 Å². The van der Waals surface area contributed by atoms with Gasteiger partial charge in [-0.15, -0.1) is 6.58 Å². The van der Waals surface area contributed by atoms with Crippen LogP contribution in [0.2, 0.25) is 0 Å². The molecule has 0 fully saturated rings. The first kappa shape index (κ1) is 16.0. The maximum absolute atomic E-state index is 11.4. The molecule has 2 amide bonds. The minimum atomic E-state index is -0.259. The zero-order valence-electron chi connectivity index (χ0n) is 10.6. The fraction of sp³-hybridized carbons (Fsp3) is 0.667. The van der Waals surface area contributed by atoms with E-state index in [1.807, 2.05) is 0 Å². The molecule has 98 valence electrons. The summed E-state index contributed by atoms with van der Waals surface area (Å²) >= 11 is 1.35. The van der Waals surface area contributed by atoms with E-state index in [4.69, 9.17) is 0 Å². The van der Waals surface area contributed by atoms with Crippen LogP contribution < -0.4 is 10.6 Å². The number of rotatable bonds is 8. The summed E-state index contributed by atoms with van der Waals surface area (Å²) in [5.41, 5.74) is 0. The fourth-order valence-electron chi connectivity index (χ4n) is 0.986. The molecule has 0 radical (unpaired) electrons. The van der Waals surface area contributed by atoms with Crippen molar-refractivity contribution in [1.29, 1.82) is 0 Å². The average Bonchev–Trinajstić information content (AvgIpc) is 2.25. The molecule has 0 aliphatic carbocycles. The van der Waals surface area contributed by atoms with Crippen molar-refractivity contribution in [2.75, 3.05) is 18.8 Å². The van der Waals surface area contributed by atoms with E-state index in [1.165, 1.54) is 11.8 Å². The smallest absolute Gasteiger partial charge is 0.315 e. The van der Waals surface area contributed by atoms with E-state index in [-0.39, 0.29) is 11.1 Å². The third-order valence-electron chi connectivity index (χ3n) is 1.98. The van der Waals surface area contributed by atoms with Gasteiger partial charge in [0.2, 0.25) is 0 Å². The predicted octanol–water partition coefficient (Wildman–Crippen LogP) is 2.17. The SMILES string of the molecule is C=CCNC(=O)NCCC(=O)SCCC(C)C. The number of carbonyl (C=O) groups is 2. The molecule has 5 heteroatoms. The zero-order chi connectivity index (χ0) is 13.1. The Labute approximate surface area is 108 Å². The van der Waals surface area contributed by atoms with Crippen molar-refractivity contribution >= 4 is 22.9 Å². The first-order chi connectivity index (χ1) is 8.06. The fourth-order valence-corrected chi connectivity index (χ4v) is 2.05. The van der Waals surface area contributed by atoms with Crippen LogP contribution in [0.3, 0.4) is 0 Å². The summed E-state index contributed by atoms with van der Waals surface area (Å²) in [6.07, 6.45) is 3.03. The molecule has 17 heavy (non-hydrogen) atoms. The van der Waals surface area contributed by atoms with Gasteiger partial charge in [0.25, 0.3) is 0 Å². The van der Waals surface area contributed by atoms with Gasteiger partial charge in [-0.05, 0) is 12.3 Å². The summed E-state index contributed by atoms with van der Waals surface area (Å²) in [4.78, 5) is 22.5. The van der Waals surface area contributed by atoms with Crippen molar-refractivity contribution in [3.8, 4) is 0 Å². The minimum absolute atomic E-state index is 0.134. The second kappa shape index (κ2) is 10.2. The largest absolute Gasteiger partial charge is 0.338 e. The van der Waals surface area contributed by atoms with Crippen molar-refractivity contribution in [2.24, 2.45) is 5.92 Å². The van der Waals surface area contributed by atoms with Crippen molar-refractivity contribution < 1.29 is 9.59 Å². The van der Waals surface area contributed by atoms with E-state index >= 15 is 0 Å². The highest BCUT2D eigenvalue weighted by Crippen LogP contribution is 2.10. The molecule has 2 N–H and O–H groups in total. The van der Waals surface area contributed by atoms with Gasteiger partial charge in [0.1, 0.15) is 0 Å². The molecular formula is C12H22N2O2S. The Balaban J connectivity index is 3.44. The van der Waals surface area contributed by atoms with Crippen LogP contribution in [-0.4, -0.2) is 30.0 Å². The Morgan fingerprint density at radius 3 is 2.65 bits per heavy atom. The van der Waals surface area contributed by atoms with Crippen molar-refractivity contribution in [2.45, 2.75) is 26.7 Å². The Morgan fingerprint density at radius 2 is 2.06 bits per heavy atom. The molecular weight excluding hydrogens is 236 g/mol. The maximum atomic E-state index is 11.4. The normalized spacial score (nSPS) is 10.1. The summed E-state index contributed by atoms with van der Waals surface area (Å²) in [5, 5.41) is 5.33. The van der Waals surface area contributed by atoms with Crippen LogP contribution in [0.5, 0.6) is 0 Å². The molecule has 0 aliphatic heterocycles. The molecule has 0 heterocycles. The molecule has 4 nitrogen and oxygen atoms in total. The number of carbonyl (C=O) groups excluding carboxylic acids is 2. The molecule has 0 aliphatic rings. The first-order valence-corrected chi connectivity index (χ1v) is 6.83. The van der Waals surface area contributed by atoms with Gasteiger partial charge in [-0.1, -0.05) is 31.7 Å². The lowest BCUT2D eigenvalue weighted by atomic mass is 10.2. The van der Waals surface area contributed by atoms with Crippen LogP contribution in [-0.2, 0) is 4.79 Å². The monoisotopic (exact) mass is 258 g/mol. The van der Waals surface area contributed by atoms with Gasteiger partial charge in [-0.2, -0.15) is 0 Å². The zero-order valence-corrected chi connectivity index (χ0v) is 11.4. The van der Waals surface area contributed by atoms with Crippen molar-refractivity contribution in [3.63, 3.8) is 0 Å². The quantitative estimate of drug-likeness (QED) is 0.656. The van der Waals surface area contributed by atoms with Gasteiger partial charge in [0.05, 0.1) is 0 Å². The summed E-state index contributed by atoms with van der Waals surface area (Å²) < 4.78 is 0. The molecule has 0 aromatic rings. The number of amides is 2. The third kappa shape index (κ3) is 11.3.